The minimum atomic E-state index is -0.449. The maximum atomic E-state index is 11.8. The van der Waals surface area contributed by atoms with Gasteiger partial charge in [0.2, 0.25) is 0 Å². The van der Waals surface area contributed by atoms with Crippen LogP contribution in [-0.4, -0.2) is 30.9 Å². The normalized spacial score (nSPS) is 10.7. The predicted molar refractivity (Wildman–Crippen MR) is 105 cm³/mol. The molecule has 0 aliphatic heterocycles. The average molecular weight is 537 g/mol. The molecule has 6 nitrogen and oxygen atoms in total. The van der Waals surface area contributed by atoms with E-state index in [1.807, 2.05) is 0 Å². The number of phenols is 1. The Bertz CT molecular complexity index is 812. The molecule has 0 fully saturated rings. The van der Waals surface area contributed by atoms with Crippen LogP contribution >= 0.6 is 47.8 Å². The highest BCUT2D eigenvalue weighted by atomic mass is 79.9. The van der Waals surface area contributed by atoms with Gasteiger partial charge in [-0.15, -0.1) is 0 Å². The zero-order chi connectivity index (χ0) is 18.4. The van der Waals surface area contributed by atoms with Crippen molar-refractivity contribution in [3.63, 3.8) is 0 Å². The molecule has 0 unspecified atom stereocenters. The van der Waals surface area contributed by atoms with E-state index < -0.39 is 5.91 Å². The van der Waals surface area contributed by atoms with Gasteiger partial charge in [-0.1, -0.05) is 31.9 Å². The molecule has 2 N–H and O–H groups in total. The number of aromatic hydroxyl groups is 1. The second-order valence-corrected chi connectivity index (χ2v) is 7.39. The van der Waals surface area contributed by atoms with Gasteiger partial charge >= 0.3 is 0 Å². The van der Waals surface area contributed by atoms with Crippen LogP contribution in [0.2, 0.25) is 0 Å². The second-order valence-electron chi connectivity index (χ2n) is 4.70. The third-order valence-corrected chi connectivity index (χ3v) is 4.49. The van der Waals surface area contributed by atoms with Crippen molar-refractivity contribution in [1.29, 1.82) is 0 Å². The topological polar surface area (TPSA) is 80.2 Å². The molecule has 132 valence electrons. The van der Waals surface area contributed by atoms with Gasteiger partial charge in [0.15, 0.2) is 18.1 Å². The van der Waals surface area contributed by atoms with Crippen LogP contribution in [0.25, 0.3) is 0 Å². The van der Waals surface area contributed by atoms with Crippen molar-refractivity contribution in [1.82, 2.24) is 5.43 Å². The lowest BCUT2D eigenvalue weighted by Gasteiger charge is -2.10. The number of methoxy groups -OCH3 is 1. The predicted octanol–water partition coefficient (Wildman–Crippen LogP) is 4.22. The molecule has 0 spiro atoms. The molecule has 25 heavy (non-hydrogen) atoms. The van der Waals surface area contributed by atoms with Crippen LogP contribution in [0.1, 0.15) is 5.56 Å². The van der Waals surface area contributed by atoms with Crippen molar-refractivity contribution in [2.45, 2.75) is 0 Å². The number of amides is 1. The summed E-state index contributed by atoms with van der Waals surface area (Å²) in [6.45, 7) is -0.233. The van der Waals surface area contributed by atoms with Crippen molar-refractivity contribution in [2.24, 2.45) is 5.10 Å². The van der Waals surface area contributed by atoms with E-state index in [0.717, 1.165) is 8.95 Å². The summed E-state index contributed by atoms with van der Waals surface area (Å²) in [5.41, 5.74) is 2.77. The molecule has 0 heterocycles. The van der Waals surface area contributed by atoms with E-state index in [-0.39, 0.29) is 12.4 Å². The molecule has 2 aromatic rings. The van der Waals surface area contributed by atoms with E-state index in [0.29, 0.717) is 21.5 Å². The lowest BCUT2D eigenvalue weighted by Crippen LogP contribution is -2.24. The number of carbonyl (C=O) groups is 1. The monoisotopic (exact) mass is 534 g/mol. The molecule has 0 bridgehead atoms. The van der Waals surface area contributed by atoms with Crippen LogP contribution in [0.4, 0.5) is 0 Å². The molecule has 0 saturated carbocycles. The van der Waals surface area contributed by atoms with Gasteiger partial charge in [-0.2, -0.15) is 5.10 Å². The summed E-state index contributed by atoms with van der Waals surface area (Å²) in [7, 11) is 1.52. The first-order valence-electron chi connectivity index (χ1n) is 6.87. The third-order valence-electron chi connectivity index (χ3n) is 2.93. The van der Waals surface area contributed by atoms with Crippen LogP contribution in [0.15, 0.2) is 48.9 Å². The summed E-state index contributed by atoms with van der Waals surface area (Å²) < 4.78 is 12.7. The number of hydrogen-bond acceptors (Lipinski definition) is 5. The van der Waals surface area contributed by atoms with Gasteiger partial charge in [0.25, 0.3) is 5.91 Å². The lowest BCUT2D eigenvalue weighted by molar-refractivity contribution is -0.123. The number of phenolic OH excluding ortho intramolecular Hbond substituents is 1. The SMILES string of the molecule is COc1cc(Br)ccc1OCC(=O)N/N=C/c1cc(Br)cc(Br)c1O. The Hall–Kier alpha value is -1.58. The summed E-state index contributed by atoms with van der Waals surface area (Å²) in [5, 5.41) is 13.7. The molecule has 0 aromatic heterocycles. The summed E-state index contributed by atoms with van der Waals surface area (Å²) in [6, 6.07) is 8.57. The van der Waals surface area contributed by atoms with Crippen LogP contribution in [-0.2, 0) is 4.79 Å². The summed E-state index contributed by atoms with van der Waals surface area (Å²) in [5.74, 6) is 0.528. The van der Waals surface area contributed by atoms with Gasteiger partial charge in [0.05, 0.1) is 17.8 Å². The number of halogens is 3. The van der Waals surface area contributed by atoms with Gasteiger partial charge in [-0.05, 0) is 46.3 Å². The molecular formula is C16H13Br3N2O4. The molecule has 0 radical (unpaired) electrons. The Balaban J connectivity index is 1.93. The first kappa shape index (κ1) is 19.7. The highest BCUT2D eigenvalue weighted by Crippen LogP contribution is 2.31. The van der Waals surface area contributed by atoms with Crippen molar-refractivity contribution in [2.75, 3.05) is 13.7 Å². The standard InChI is InChI=1S/C16H13Br3N2O4/c1-24-14-6-10(17)2-3-13(14)25-8-15(22)21-20-7-9-4-11(18)5-12(19)16(9)23/h2-7,23H,8H2,1H3,(H,21,22)/b20-7+. The van der Waals surface area contributed by atoms with E-state index in [1.54, 1.807) is 30.3 Å². The Morgan fingerprint density at radius 2 is 1.96 bits per heavy atom. The Labute approximate surface area is 169 Å². The first-order chi connectivity index (χ1) is 11.9. The Morgan fingerprint density at radius 3 is 2.68 bits per heavy atom. The lowest BCUT2D eigenvalue weighted by atomic mass is 10.2. The molecule has 0 saturated heterocycles. The highest BCUT2D eigenvalue weighted by Gasteiger charge is 2.08. The van der Waals surface area contributed by atoms with Crippen LogP contribution in [0.5, 0.6) is 17.2 Å². The Morgan fingerprint density at radius 1 is 1.20 bits per heavy atom. The number of hydrazone groups is 1. The summed E-state index contributed by atoms with van der Waals surface area (Å²) >= 11 is 9.86. The van der Waals surface area contributed by atoms with Crippen molar-refractivity contribution in [3.8, 4) is 17.2 Å². The van der Waals surface area contributed by atoms with Crippen LogP contribution < -0.4 is 14.9 Å². The van der Waals surface area contributed by atoms with Gasteiger partial charge in [0.1, 0.15) is 5.75 Å². The van der Waals surface area contributed by atoms with Crippen molar-refractivity contribution >= 4 is 59.9 Å². The molecule has 0 aliphatic carbocycles. The fourth-order valence-corrected chi connectivity index (χ4v) is 3.39. The van der Waals surface area contributed by atoms with Crippen molar-refractivity contribution < 1.29 is 19.4 Å². The van der Waals surface area contributed by atoms with Gasteiger partial charge < -0.3 is 14.6 Å². The Kier molecular flexibility index (Phi) is 7.27. The number of nitrogens with one attached hydrogen (secondary N) is 1. The van der Waals surface area contributed by atoms with Crippen LogP contribution in [0.3, 0.4) is 0 Å². The zero-order valence-electron chi connectivity index (χ0n) is 12.9. The van der Waals surface area contributed by atoms with Gasteiger partial charge in [-0.25, -0.2) is 5.43 Å². The second kappa shape index (κ2) is 9.21. The largest absolute Gasteiger partial charge is 0.506 e. The van der Waals surface area contributed by atoms with E-state index >= 15 is 0 Å². The highest BCUT2D eigenvalue weighted by molar-refractivity contribution is 9.11. The van der Waals surface area contributed by atoms with E-state index in [4.69, 9.17) is 9.47 Å². The smallest absolute Gasteiger partial charge is 0.277 e. The maximum absolute atomic E-state index is 11.8. The summed E-state index contributed by atoms with van der Waals surface area (Å²) in [4.78, 5) is 11.8. The third kappa shape index (κ3) is 5.72. The molecule has 0 atom stereocenters. The fraction of sp³-hybridized carbons (Fsp3) is 0.125. The minimum Gasteiger partial charge on any atom is -0.506 e. The first-order valence-corrected chi connectivity index (χ1v) is 9.25. The number of benzene rings is 2. The number of hydrogen-bond donors (Lipinski definition) is 2. The molecular weight excluding hydrogens is 524 g/mol. The average Bonchev–Trinajstić information content (AvgIpc) is 2.57. The van der Waals surface area contributed by atoms with Gasteiger partial charge in [-0.3, -0.25) is 4.79 Å². The number of rotatable bonds is 6. The minimum absolute atomic E-state index is 0.0250. The van der Waals surface area contributed by atoms with E-state index in [9.17, 15) is 9.90 Å². The quantitative estimate of drug-likeness (QED) is 0.428. The van der Waals surface area contributed by atoms with Crippen LogP contribution in [0, 0.1) is 0 Å². The molecule has 2 rings (SSSR count). The molecule has 1 amide bonds. The maximum Gasteiger partial charge on any atom is 0.277 e. The number of nitrogens with zero attached hydrogens (tertiary/aromatic N) is 1. The van der Waals surface area contributed by atoms with E-state index in [2.05, 4.69) is 58.3 Å². The molecule has 0 aliphatic rings. The fourth-order valence-electron chi connectivity index (χ4n) is 1.79. The van der Waals surface area contributed by atoms with E-state index in [1.165, 1.54) is 13.3 Å². The number of carbonyl (C=O) groups excluding carboxylic acids is 1. The summed E-state index contributed by atoms with van der Waals surface area (Å²) in [6.07, 6.45) is 1.34. The number of ether oxygens (including phenoxy) is 2. The molecule has 2 aromatic carbocycles. The van der Waals surface area contributed by atoms with Crippen molar-refractivity contribution in [3.05, 3.63) is 49.3 Å². The van der Waals surface area contributed by atoms with Gasteiger partial charge in [0, 0.05) is 14.5 Å². The zero-order valence-corrected chi connectivity index (χ0v) is 17.7. The molecule has 9 heteroatoms.